The molecule has 0 amide bonds. The number of hydrazone groups is 1. The van der Waals surface area contributed by atoms with Gasteiger partial charge in [-0.3, -0.25) is 5.43 Å². The first-order chi connectivity index (χ1) is 10.8. The lowest BCUT2D eigenvalue weighted by atomic mass is 10.2. The summed E-state index contributed by atoms with van der Waals surface area (Å²) in [6.07, 6.45) is 1.70. The Balaban J connectivity index is 1.79. The Bertz CT molecular complexity index is 871. The minimum Gasteiger partial charge on any atom is -0.497 e. The maximum absolute atomic E-state index is 5.27. The predicted molar refractivity (Wildman–Crippen MR) is 91.1 cm³/mol. The minimum absolute atomic E-state index is 0.519. The second-order valence-electron chi connectivity index (χ2n) is 4.57. The number of nitrogens with zero attached hydrogens (tertiary/aromatic N) is 2. The average molecular weight is 310 g/mol. The molecule has 0 unspecified atom stereocenters. The van der Waals surface area contributed by atoms with Crippen molar-refractivity contribution in [2.45, 2.75) is 0 Å². The molecular formula is C16H14N4OS. The molecule has 0 bridgehead atoms. The van der Waals surface area contributed by atoms with E-state index in [0.29, 0.717) is 10.5 Å². The second kappa shape index (κ2) is 6.36. The number of nitrogens with one attached hydrogen (secondary N) is 2. The van der Waals surface area contributed by atoms with Crippen LogP contribution in [0.1, 0.15) is 5.56 Å². The van der Waals surface area contributed by atoms with Gasteiger partial charge in [-0.2, -0.15) is 5.10 Å². The summed E-state index contributed by atoms with van der Waals surface area (Å²) in [5, 5.41) is 4.17. The molecule has 0 atom stereocenters. The van der Waals surface area contributed by atoms with Gasteiger partial charge in [0, 0.05) is 0 Å². The van der Waals surface area contributed by atoms with E-state index in [1.54, 1.807) is 13.3 Å². The third kappa shape index (κ3) is 3.12. The number of rotatable bonds is 4. The van der Waals surface area contributed by atoms with Crippen LogP contribution < -0.4 is 10.2 Å². The van der Waals surface area contributed by atoms with E-state index in [1.807, 2.05) is 48.5 Å². The number of para-hydroxylation sites is 2. The zero-order valence-electron chi connectivity index (χ0n) is 11.9. The number of methoxy groups -OCH3 is 1. The Morgan fingerprint density at radius 2 is 1.95 bits per heavy atom. The average Bonchev–Trinajstić information content (AvgIpc) is 2.56. The topological polar surface area (TPSA) is 62.3 Å². The van der Waals surface area contributed by atoms with E-state index in [4.69, 9.17) is 17.0 Å². The molecule has 1 heterocycles. The van der Waals surface area contributed by atoms with Crippen molar-refractivity contribution in [3.05, 3.63) is 58.7 Å². The number of hydrogen-bond acceptors (Lipinski definition) is 5. The summed E-state index contributed by atoms with van der Waals surface area (Å²) in [7, 11) is 1.64. The molecule has 22 heavy (non-hydrogen) atoms. The summed E-state index contributed by atoms with van der Waals surface area (Å²) in [5.41, 5.74) is 5.55. The fourth-order valence-electron chi connectivity index (χ4n) is 1.96. The van der Waals surface area contributed by atoms with Gasteiger partial charge in [0.25, 0.3) is 0 Å². The van der Waals surface area contributed by atoms with Crippen molar-refractivity contribution in [1.29, 1.82) is 0 Å². The molecule has 6 heteroatoms. The van der Waals surface area contributed by atoms with Crippen LogP contribution in [0.15, 0.2) is 53.6 Å². The van der Waals surface area contributed by atoms with E-state index in [-0.39, 0.29) is 0 Å². The Morgan fingerprint density at radius 3 is 2.73 bits per heavy atom. The van der Waals surface area contributed by atoms with Crippen LogP contribution in [0.2, 0.25) is 0 Å². The van der Waals surface area contributed by atoms with E-state index >= 15 is 0 Å². The van der Waals surface area contributed by atoms with Crippen molar-refractivity contribution >= 4 is 35.3 Å². The number of ether oxygens (including phenoxy) is 1. The fraction of sp³-hybridized carbons (Fsp3) is 0.0625. The third-order valence-electron chi connectivity index (χ3n) is 3.10. The Morgan fingerprint density at radius 1 is 1.18 bits per heavy atom. The van der Waals surface area contributed by atoms with Gasteiger partial charge in [-0.05, 0) is 42.0 Å². The highest BCUT2D eigenvalue weighted by Gasteiger charge is 2.00. The van der Waals surface area contributed by atoms with Crippen molar-refractivity contribution in [1.82, 2.24) is 9.97 Å². The summed E-state index contributed by atoms with van der Waals surface area (Å²) >= 11 is 5.27. The van der Waals surface area contributed by atoms with Crippen LogP contribution in [0.3, 0.4) is 0 Å². The predicted octanol–water partition coefficient (Wildman–Crippen LogP) is 3.75. The van der Waals surface area contributed by atoms with E-state index in [0.717, 1.165) is 22.3 Å². The number of aromatic nitrogens is 2. The highest BCUT2D eigenvalue weighted by Crippen LogP contribution is 2.13. The van der Waals surface area contributed by atoms with Crippen molar-refractivity contribution < 1.29 is 4.74 Å². The third-order valence-corrected chi connectivity index (χ3v) is 3.39. The maximum atomic E-state index is 5.27. The standard InChI is InChI=1S/C16H14N4OS/c1-21-12-8-6-11(7-9-12)10-17-20-15-16(22)19-14-5-3-2-4-13(14)18-15/h2-10H,1H3,(H,18,20)(H,19,22)/b17-10+. The van der Waals surface area contributed by atoms with Crippen LogP contribution in [0.25, 0.3) is 11.0 Å². The minimum atomic E-state index is 0.519. The van der Waals surface area contributed by atoms with Gasteiger partial charge in [-0.1, -0.05) is 24.4 Å². The number of fused-ring (bicyclic) bond motifs is 1. The highest BCUT2D eigenvalue weighted by molar-refractivity contribution is 7.71. The second-order valence-corrected chi connectivity index (χ2v) is 4.98. The molecule has 2 N–H and O–H groups in total. The van der Waals surface area contributed by atoms with E-state index in [1.165, 1.54) is 0 Å². The van der Waals surface area contributed by atoms with Crippen molar-refractivity contribution in [3.63, 3.8) is 0 Å². The van der Waals surface area contributed by atoms with Gasteiger partial charge in [-0.15, -0.1) is 0 Å². The van der Waals surface area contributed by atoms with Gasteiger partial charge in [0.2, 0.25) is 0 Å². The zero-order chi connectivity index (χ0) is 15.4. The summed E-state index contributed by atoms with van der Waals surface area (Å²) in [4.78, 5) is 7.57. The fourth-order valence-corrected chi connectivity index (χ4v) is 2.16. The number of anilines is 1. The van der Waals surface area contributed by atoms with Gasteiger partial charge >= 0.3 is 0 Å². The molecule has 0 aliphatic heterocycles. The molecule has 0 radical (unpaired) electrons. The molecule has 0 aliphatic carbocycles. The van der Waals surface area contributed by atoms with Crippen LogP contribution in [-0.4, -0.2) is 23.3 Å². The first kappa shape index (κ1) is 14.2. The normalized spacial score (nSPS) is 11.0. The van der Waals surface area contributed by atoms with Crippen molar-refractivity contribution in [3.8, 4) is 5.75 Å². The Hall–Kier alpha value is -2.73. The monoisotopic (exact) mass is 310 g/mol. The number of benzene rings is 2. The number of H-pyrrole nitrogens is 1. The van der Waals surface area contributed by atoms with Gasteiger partial charge < -0.3 is 9.72 Å². The number of aromatic amines is 1. The smallest absolute Gasteiger partial charge is 0.182 e. The van der Waals surface area contributed by atoms with Crippen LogP contribution in [0.4, 0.5) is 5.82 Å². The van der Waals surface area contributed by atoms with Crippen molar-refractivity contribution in [2.75, 3.05) is 12.5 Å². The van der Waals surface area contributed by atoms with E-state index in [9.17, 15) is 0 Å². The quantitative estimate of drug-likeness (QED) is 0.438. The van der Waals surface area contributed by atoms with Gasteiger partial charge in [0.1, 0.15) is 10.4 Å². The van der Waals surface area contributed by atoms with Crippen LogP contribution in [0.5, 0.6) is 5.75 Å². The molecule has 1 aromatic heterocycles. The van der Waals surface area contributed by atoms with Gasteiger partial charge in [0.15, 0.2) is 5.82 Å². The summed E-state index contributed by atoms with van der Waals surface area (Å²) in [6.45, 7) is 0. The molecule has 0 aliphatic rings. The van der Waals surface area contributed by atoms with Crippen molar-refractivity contribution in [2.24, 2.45) is 5.10 Å². The van der Waals surface area contributed by atoms with E-state index in [2.05, 4.69) is 20.5 Å². The molecule has 0 saturated carbocycles. The molecule has 5 nitrogen and oxygen atoms in total. The number of hydrogen-bond donors (Lipinski definition) is 2. The van der Waals surface area contributed by atoms with Gasteiger partial charge in [0.05, 0.1) is 24.4 Å². The molecular weight excluding hydrogens is 296 g/mol. The molecule has 110 valence electrons. The lowest BCUT2D eigenvalue weighted by Crippen LogP contribution is -1.97. The molecule has 0 fully saturated rings. The lowest BCUT2D eigenvalue weighted by molar-refractivity contribution is 0.415. The first-order valence-corrected chi connectivity index (χ1v) is 7.09. The largest absolute Gasteiger partial charge is 0.497 e. The maximum Gasteiger partial charge on any atom is 0.182 e. The van der Waals surface area contributed by atoms with E-state index < -0.39 is 0 Å². The molecule has 3 rings (SSSR count). The highest BCUT2D eigenvalue weighted by atomic mass is 32.1. The van der Waals surface area contributed by atoms with Crippen LogP contribution in [-0.2, 0) is 0 Å². The molecule has 3 aromatic rings. The van der Waals surface area contributed by atoms with Gasteiger partial charge in [-0.25, -0.2) is 4.98 Å². The van der Waals surface area contributed by atoms with Crippen LogP contribution in [0, 0.1) is 4.64 Å². The summed E-state index contributed by atoms with van der Waals surface area (Å²) in [5.74, 6) is 1.34. The molecule has 0 saturated heterocycles. The zero-order valence-corrected chi connectivity index (χ0v) is 12.7. The Kier molecular flexibility index (Phi) is 4.11. The summed E-state index contributed by atoms with van der Waals surface area (Å²) in [6, 6.07) is 15.3. The SMILES string of the molecule is COc1ccc(/C=N/Nc2nc3ccccc3[nH]c2=S)cc1. The summed E-state index contributed by atoms with van der Waals surface area (Å²) < 4.78 is 5.63. The first-order valence-electron chi connectivity index (χ1n) is 6.68. The Labute approximate surface area is 132 Å². The lowest BCUT2D eigenvalue weighted by Gasteiger charge is -2.03. The molecule has 2 aromatic carbocycles. The molecule has 0 spiro atoms. The van der Waals surface area contributed by atoms with Crippen LogP contribution >= 0.6 is 12.2 Å².